The first-order valence-electron chi connectivity index (χ1n) is 8.90. The third-order valence-corrected chi connectivity index (χ3v) is 4.76. The van der Waals surface area contributed by atoms with Crippen molar-refractivity contribution in [3.63, 3.8) is 0 Å². The highest BCUT2D eigenvalue weighted by molar-refractivity contribution is 9.10. The summed E-state index contributed by atoms with van der Waals surface area (Å²) < 4.78 is 56.5. The number of aromatic nitrogens is 2. The number of amides is 1. The lowest BCUT2D eigenvalue weighted by Crippen LogP contribution is -2.19. The number of amidine groups is 1. The standard InChI is InChI=1S/C19H14BrF4N5O3/c20-13-9-12(5-6-14(13)21)25-17(27-31)16-18(29-32-28-16)26-15(30)7-4-10-2-1-3-11(8-10)19(22,23)24/h1-3,5-6,8-9,31H,4,7H2,(H,25,27)(H,26,29,30). The monoisotopic (exact) mass is 515 g/mol. The molecule has 2 aromatic carbocycles. The summed E-state index contributed by atoms with van der Waals surface area (Å²) in [5, 5.41) is 24.5. The molecule has 168 valence electrons. The Morgan fingerprint density at radius 1 is 1.16 bits per heavy atom. The molecule has 3 rings (SSSR count). The second kappa shape index (κ2) is 9.77. The van der Waals surface area contributed by atoms with E-state index in [9.17, 15) is 27.6 Å². The van der Waals surface area contributed by atoms with Crippen LogP contribution in [0.5, 0.6) is 0 Å². The van der Waals surface area contributed by atoms with Gasteiger partial charge in [0.15, 0.2) is 5.69 Å². The summed E-state index contributed by atoms with van der Waals surface area (Å²) in [5.74, 6) is -1.52. The van der Waals surface area contributed by atoms with E-state index in [-0.39, 0.29) is 34.7 Å². The molecule has 0 unspecified atom stereocenters. The van der Waals surface area contributed by atoms with Gasteiger partial charge in [-0.15, -0.1) is 0 Å². The van der Waals surface area contributed by atoms with Crippen LogP contribution in [0.25, 0.3) is 0 Å². The average Bonchev–Trinajstić information content (AvgIpc) is 3.20. The molecule has 0 atom stereocenters. The van der Waals surface area contributed by atoms with Gasteiger partial charge in [0.1, 0.15) is 5.82 Å². The van der Waals surface area contributed by atoms with Crippen LogP contribution < -0.4 is 10.6 Å². The van der Waals surface area contributed by atoms with Gasteiger partial charge < -0.3 is 15.8 Å². The minimum absolute atomic E-state index is 0.0408. The zero-order chi connectivity index (χ0) is 23.3. The molecule has 3 N–H and O–H groups in total. The molecule has 0 bridgehead atoms. The lowest BCUT2D eigenvalue weighted by atomic mass is 10.1. The van der Waals surface area contributed by atoms with E-state index in [1.165, 1.54) is 30.3 Å². The molecule has 0 aliphatic carbocycles. The quantitative estimate of drug-likeness (QED) is 0.143. The van der Waals surface area contributed by atoms with E-state index in [0.29, 0.717) is 11.3 Å². The van der Waals surface area contributed by atoms with Gasteiger partial charge in [0, 0.05) is 12.1 Å². The van der Waals surface area contributed by atoms with Gasteiger partial charge in [0.05, 0.1) is 10.0 Å². The summed E-state index contributed by atoms with van der Waals surface area (Å²) >= 11 is 3.02. The summed E-state index contributed by atoms with van der Waals surface area (Å²) in [6.45, 7) is 0. The Balaban J connectivity index is 1.66. The van der Waals surface area contributed by atoms with Crippen LogP contribution in [0.4, 0.5) is 29.1 Å². The van der Waals surface area contributed by atoms with E-state index >= 15 is 0 Å². The maximum atomic E-state index is 13.4. The number of oxime groups is 1. The van der Waals surface area contributed by atoms with Crippen LogP contribution in [-0.4, -0.2) is 27.3 Å². The molecule has 32 heavy (non-hydrogen) atoms. The van der Waals surface area contributed by atoms with E-state index in [1.54, 1.807) is 0 Å². The predicted molar refractivity (Wildman–Crippen MR) is 109 cm³/mol. The van der Waals surface area contributed by atoms with Crippen molar-refractivity contribution >= 4 is 39.2 Å². The molecule has 1 amide bonds. The summed E-state index contributed by atoms with van der Waals surface area (Å²) in [6, 6.07) is 8.56. The van der Waals surface area contributed by atoms with Gasteiger partial charge in [-0.1, -0.05) is 23.4 Å². The molecule has 13 heteroatoms. The lowest BCUT2D eigenvalue weighted by Gasteiger charge is -2.09. The molecule has 0 saturated heterocycles. The summed E-state index contributed by atoms with van der Waals surface area (Å²) in [7, 11) is 0. The number of hydrogen-bond donors (Lipinski definition) is 3. The molecule has 0 fully saturated rings. The number of halogens is 5. The van der Waals surface area contributed by atoms with Gasteiger partial charge in [-0.25, -0.2) is 9.02 Å². The van der Waals surface area contributed by atoms with Crippen molar-refractivity contribution in [2.24, 2.45) is 5.16 Å². The van der Waals surface area contributed by atoms with Crippen LogP contribution in [0, 0.1) is 5.82 Å². The van der Waals surface area contributed by atoms with Gasteiger partial charge >= 0.3 is 6.18 Å². The minimum atomic E-state index is -4.48. The van der Waals surface area contributed by atoms with Crippen LogP contribution in [0.2, 0.25) is 0 Å². The highest BCUT2D eigenvalue weighted by atomic mass is 79.9. The average molecular weight is 516 g/mol. The Kier molecular flexibility index (Phi) is 7.08. The Hall–Kier alpha value is -3.48. The van der Waals surface area contributed by atoms with E-state index < -0.39 is 23.5 Å². The second-order valence-corrected chi connectivity index (χ2v) is 7.26. The fourth-order valence-electron chi connectivity index (χ4n) is 2.62. The van der Waals surface area contributed by atoms with Crippen LogP contribution in [-0.2, 0) is 17.4 Å². The predicted octanol–water partition coefficient (Wildman–Crippen LogP) is 4.81. The van der Waals surface area contributed by atoms with Crippen molar-refractivity contribution in [3.05, 3.63) is 69.6 Å². The number of nitrogens with zero attached hydrogens (tertiary/aromatic N) is 3. The van der Waals surface area contributed by atoms with Crippen LogP contribution in [0.3, 0.4) is 0 Å². The largest absolute Gasteiger partial charge is 0.416 e. The van der Waals surface area contributed by atoms with Gasteiger partial charge in [-0.3, -0.25) is 4.79 Å². The van der Waals surface area contributed by atoms with E-state index in [1.807, 2.05) is 0 Å². The number of anilines is 2. The van der Waals surface area contributed by atoms with E-state index in [2.05, 4.69) is 46.7 Å². The zero-order valence-corrected chi connectivity index (χ0v) is 17.5. The molecule has 3 aromatic rings. The van der Waals surface area contributed by atoms with Gasteiger partial charge in [-0.2, -0.15) is 13.2 Å². The molecular weight excluding hydrogens is 502 g/mol. The highest BCUT2D eigenvalue weighted by Crippen LogP contribution is 2.29. The van der Waals surface area contributed by atoms with Crippen molar-refractivity contribution < 1.29 is 32.2 Å². The molecule has 0 aliphatic heterocycles. The van der Waals surface area contributed by atoms with Crippen LogP contribution in [0.1, 0.15) is 23.2 Å². The SMILES string of the molecule is O=C(CCc1cccc(C(F)(F)F)c1)Nc1nonc1/C(=N/O)Nc1ccc(F)c(Br)c1. The lowest BCUT2D eigenvalue weighted by molar-refractivity contribution is -0.137. The Labute approximate surface area is 186 Å². The Morgan fingerprint density at radius 2 is 1.94 bits per heavy atom. The first-order chi connectivity index (χ1) is 15.2. The van der Waals surface area contributed by atoms with Crippen LogP contribution in [0.15, 0.2) is 56.7 Å². The zero-order valence-electron chi connectivity index (χ0n) is 16.0. The number of carbonyl (C=O) groups is 1. The van der Waals surface area contributed by atoms with Crippen molar-refractivity contribution in [2.45, 2.75) is 19.0 Å². The highest BCUT2D eigenvalue weighted by Gasteiger charge is 2.30. The number of rotatable bonds is 6. The fourth-order valence-corrected chi connectivity index (χ4v) is 3.00. The smallest absolute Gasteiger partial charge is 0.409 e. The third kappa shape index (κ3) is 5.81. The van der Waals surface area contributed by atoms with Crippen molar-refractivity contribution in [3.8, 4) is 0 Å². The van der Waals surface area contributed by atoms with Crippen molar-refractivity contribution in [1.29, 1.82) is 0 Å². The number of nitrogens with one attached hydrogen (secondary N) is 2. The van der Waals surface area contributed by atoms with Crippen molar-refractivity contribution in [2.75, 3.05) is 10.6 Å². The molecule has 0 aliphatic rings. The van der Waals surface area contributed by atoms with E-state index in [4.69, 9.17) is 0 Å². The molecular formula is C19H14BrF4N5O3. The summed E-state index contributed by atoms with van der Waals surface area (Å²) in [4.78, 5) is 12.3. The van der Waals surface area contributed by atoms with Gasteiger partial charge in [0.25, 0.3) is 0 Å². The molecule has 8 nitrogen and oxygen atoms in total. The summed E-state index contributed by atoms with van der Waals surface area (Å²) in [5.41, 5.74) is -0.299. The minimum Gasteiger partial charge on any atom is -0.409 e. The Morgan fingerprint density at radius 3 is 2.62 bits per heavy atom. The molecule has 1 aromatic heterocycles. The number of hydrogen-bond acceptors (Lipinski definition) is 6. The number of benzene rings is 2. The van der Waals surface area contributed by atoms with Gasteiger partial charge in [-0.05, 0) is 62.5 Å². The molecule has 0 spiro atoms. The normalized spacial score (nSPS) is 12.0. The third-order valence-electron chi connectivity index (χ3n) is 4.15. The maximum absolute atomic E-state index is 13.4. The van der Waals surface area contributed by atoms with Crippen molar-refractivity contribution in [1.82, 2.24) is 10.3 Å². The molecule has 0 radical (unpaired) electrons. The number of alkyl halides is 3. The fraction of sp³-hybridized carbons (Fsp3) is 0.158. The first-order valence-corrected chi connectivity index (χ1v) is 9.69. The Bertz CT molecular complexity index is 1150. The van der Waals surface area contributed by atoms with Gasteiger partial charge in [0.2, 0.25) is 17.6 Å². The summed E-state index contributed by atoms with van der Waals surface area (Å²) in [6.07, 6.45) is -4.59. The second-order valence-electron chi connectivity index (χ2n) is 6.41. The number of aryl methyl sites for hydroxylation is 1. The topological polar surface area (TPSA) is 113 Å². The van der Waals surface area contributed by atoms with E-state index in [0.717, 1.165) is 12.1 Å². The molecule has 0 saturated carbocycles. The van der Waals surface area contributed by atoms with Crippen LogP contribution >= 0.6 is 15.9 Å². The first kappa shape index (κ1) is 23.2. The number of carbonyl (C=O) groups excluding carboxylic acids is 1. The maximum Gasteiger partial charge on any atom is 0.416 e. The molecule has 1 heterocycles.